The fraction of sp³-hybridized carbons (Fsp3) is 0.103. The molecule has 146 valence electrons. The van der Waals surface area contributed by atoms with E-state index in [1.165, 1.54) is 16.7 Å². The molecule has 0 unspecified atom stereocenters. The maximum atomic E-state index is 14.8. The number of hydrogen-bond donors (Lipinski definition) is 0. The minimum atomic E-state index is -0.283. The van der Waals surface area contributed by atoms with Crippen LogP contribution in [0.1, 0.15) is 27.8 Å². The predicted octanol–water partition coefficient (Wildman–Crippen LogP) is 7.48. The highest BCUT2D eigenvalue weighted by molar-refractivity contribution is 5.67. The Kier molecular flexibility index (Phi) is 5.50. The molecule has 0 aliphatic rings. The van der Waals surface area contributed by atoms with Gasteiger partial charge >= 0.3 is 0 Å². The standard InChI is InChI=1S/C29H23F/c1-20-4-11-24(12-5-20)25-15-8-23(9-16-25)10-17-28-22(3)18-27(19-29(28)30)26-13-6-21(2)7-14-26/h4-9,11-16,18-19H,1-3H3. The van der Waals surface area contributed by atoms with Gasteiger partial charge in [0.15, 0.2) is 0 Å². The van der Waals surface area contributed by atoms with Gasteiger partial charge < -0.3 is 0 Å². The molecule has 0 radical (unpaired) electrons. The number of aryl methyl sites for hydroxylation is 3. The van der Waals surface area contributed by atoms with E-state index in [-0.39, 0.29) is 5.82 Å². The lowest BCUT2D eigenvalue weighted by atomic mass is 9.98. The molecule has 0 aromatic heterocycles. The fourth-order valence-electron chi connectivity index (χ4n) is 3.44. The van der Waals surface area contributed by atoms with E-state index in [0.29, 0.717) is 5.56 Å². The van der Waals surface area contributed by atoms with E-state index < -0.39 is 0 Å². The molecular weight excluding hydrogens is 367 g/mol. The summed E-state index contributed by atoms with van der Waals surface area (Å²) < 4.78 is 14.8. The molecule has 0 N–H and O–H groups in total. The minimum Gasteiger partial charge on any atom is -0.206 e. The molecule has 4 rings (SSSR count). The van der Waals surface area contributed by atoms with Gasteiger partial charge in [-0.25, -0.2) is 4.39 Å². The highest BCUT2D eigenvalue weighted by atomic mass is 19.1. The predicted molar refractivity (Wildman–Crippen MR) is 124 cm³/mol. The number of hydrogen-bond acceptors (Lipinski definition) is 0. The van der Waals surface area contributed by atoms with Gasteiger partial charge in [-0.15, -0.1) is 0 Å². The zero-order valence-electron chi connectivity index (χ0n) is 17.5. The number of halogens is 1. The summed E-state index contributed by atoms with van der Waals surface area (Å²) in [6.07, 6.45) is 0. The third-order valence-corrected chi connectivity index (χ3v) is 5.27. The molecule has 0 spiro atoms. The Balaban J connectivity index is 1.59. The average Bonchev–Trinajstić information content (AvgIpc) is 2.74. The summed E-state index contributed by atoms with van der Waals surface area (Å²) in [5.74, 6) is 5.85. The van der Waals surface area contributed by atoms with Gasteiger partial charge in [-0.2, -0.15) is 0 Å². The summed E-state index contributed by atoms with van der Waals surface area (Å²) in [6, 6.07) is 28.2. The second kappa shape index (κ2) is 8.39. The summed E-state index contributed by atoms with van der Waals surface area (Å²) in [5.41, 5.74) is 8.79. The summed E-state index contributed by atoms with van der Waals surface area (Å²) in [6.45, 7) is 6.03. The van der Waals surface area contributed by atoms with Crippen molar-refractivity contribution in [1.29, 1.82) is 0 Å². The highest BCUT2D eigenvalue weighted by Crippen LogP contribution is 2.25. The van der Waals surface area contributed by atoms with Gasteiger partial charge in [0.2, 0.25) is 0 Å². The number of rotatable bonds is 2. The van der Waals surface area contributed by atoms with Crippen molar-refractivity contribution in [2.45, 2.75) is 20.8 Å². The summed E-state index contributed by atoms with van der Waals surface area (Å²) in [4.78, 5) is 0. The highest BCUT2D eigenvalue weighted by Gasteiger charge is 2.08. The van der Waals surface area contributed by atoms with Gasteiger partial charge in [-0.3, -0.25) is 0 Å². The molecule has 0 fully saturated rings. The topological polar surface area (TPSA) is 0 Å². The molecule has 1 heteroatoms. The van der Waals surface area contributed by atoms with Crippen LogP contribution in [-0.4, -0.2) is 0 Å². The van der Waals surface area contributed by atoms with E-state index >= 15 is 0 Å². The third kappa shape index (κ3) is 4.34. The van der Waals surface area contributed by atoms with E-state index in [1.54, 1.807) is 6.07 Å². The molecular formula is C29H23F. The third-order valence-electron chi connectivity index (χ3n) is 5.27. The lowest BCUT2D eigenvalue weighted by Crippen LogP contribution is -1.91. The normalized spacial score (nSPS) is 10.4. The molecule has 0 amide bonds. The van der Waals surface area contributed by atoms with Gasteiger partial charge in [-0.1, -0.05) is 83.6 Å². The first-order valence-electron chi connectivity index (χ1n) is 10.1. The van der Waals surface area contributed by atoms with Crippen LogP contribution in [0.2, 0.25) is 0 Å². The van der Waals surface area contributed by atoms with Gasteiger partial charge in [0, 0.05) is 5.56 Å². The van der Waals surface area contributed by atoms with Crippen LogP contribution in [0.4, 0.5) is 4.39 Å². The molecule has 0 heterocycles. The van der Waals surface area contributed by atoms with E-state index in [4.69, 9.17) is 0 Å². The molecule has 0 bridgehead atoms. The van der Waals surface area contributed by atoms with Crippen molar-refractivity contribution in [3.63, 3.8) is 0 Å². The van der Waals surface area contributed by atoms with E-state index in [2.05, 4.69) is 55.2 Å². The minimum absolute atomic E-state index is 0.283. The van der Waals surface area contributed by atoms with Crippen LogP contribution >= 0.6 is 0 Å². The Morgan fingerprint density at radius 1 is 0.533 bits per heavy atom. The van der Waals surface area contributed by atoms with Gasteiger partial charge in [-0.05, 0) is 72.9 Å². The maximum Gasteiger partial charge on any atom is 0.139 e. The van der Waals surface area contributed by atoms with Crippen LogP contribution in [0.3, 0.4) is 0 Å². The summed E-state index contributed by atoms with van der Waals surface area (Å²) >= 11 is 0. The SMILES string of the molecule is Cc1ccc(-c2ccc(C#Cc3c(C)cc(-c4ccc(C)cc4)cc3F)cc2)cc1. The van der Waals surface area contributed by atoms with E-state index in [0.717, 1.165) is 27.8 Å². The van der Waals surface area contributed by atoms with Crippen LogP contribution in [0, 0.1) is 38.4 Å². The first kappa shape index (κ1) is 19.7. The Labute approximate surface area is 178 Å². The zero-order chi connectivity index (χ0) is 21.1. The Hall–Kier alpha value is -3.63. The van der Waals surface area contributed by atoms with Gasteiger partial charge in [0.25, 0.3) is 0 Å². The largest absolute Gasteiger partial charge is 0.206 e. The van der Waals surface area contributed by atoms with Crippen LogP contribution in [0.5, 0.6) is 0 Å². The van der Waals surface area contributed by atoms with Gasteiger partial charge in [0.1, 0.15) is 5.82 Å². The van der Waals surface area contributed by atoms with Crippen molar-refractivity contribution in [2.75, 3.05) is 0 Å². The van der Waals surface area contributed by atoms with Crippen molar-refractivity contribution >= 4 is 0 Å². The van der Waals surface area contributed by atoms with Gasteiger partial charge in [0.05, 0.1) is 5.56 Å². The van der Waals surface area contributed by atoms with Crippen LogP contribution in [-0.2, 0) is 0 Å². The van der Waals surface area contributed by atoms with Crippen molar-refractivity contribution in [3.8, 4) is 34.1 Å². The molecule has 0 aliphatic heterocycles. The smallest absolute Gasteiger partial charge is 0.139 e. The molecule has 0 atom stereocenters. The van der Waals surface area contributed by atoms with Crippen molar-refractivity contribution in [3.05, 3.63) is 119 Å². The molecule has 0 aliphatic carbocycles. The molecule has 4 aromatic carbocycles. The Morgan fingerprint density at radius 2 is 1.00 bits per heavy atom. The van der Waals surface area contributed by atoms with Crippen LogP contribution in [0.25, 0.3) is 22.3 Å². The second-order valence-corrected chi connectivity index (χ2v) is 7.71. The zero-order valence-corrected chi connectivity index (χ0v) is 17.5. The van der Waals surface area contributed by atoms with Crippen molar-refractivity contribution in [2.24, 2.45) is 0 Å². The number of benzene rings is 4. The summed E-state index contributed by atoms with van der Waals surface area (Å²) in [7, 11) is 0. The first-order chi connectivity index (χ1) is 14.5. The molecule has 0 nitrogen and oxygen atoms in total. The molecule has 0 saturated carbocycles. The Morgan fingerprint density at radius 3 is 1.50 bits per heavy atom. The fourth-order valence-corrected chi connectivity index (χ4v) is 3.44. The lowest BCUT2D eigenvalue weighted by molar-refractivity contribution is 0.623. The lowest BCUT2D eigenvalue weighted by Gasteiger charge is -2.07. The quantitative estimate of drug-likeness (QED) is 0.311. The first-order valence-corrected chi connectivity index (χ1v) is 10.1. The second-order valence-electron chi connectivity index (χ2n) is 7.71. The van der Waals surface area contributed by atoms with Crippen molar-refractivity contribution in [1.82, 2.24) is 0 Å². The van der Waals surface area contributed by atoms with E-state index in [9.17, 15) is 4.39 Å². The monoisotopic (exact) mass is 390 g/mol. The van der Waals surface area contributed by atoms with Crippen LogP contribution in [0.15, 0.2) is 84.9 Å². The van der Waals surface area contributed by atoms with E-state index in [1.807, 2.05) is 56.3 Å². The average molecular weight is 391 g/mol. The maximum absolute atomic E-state index is 14.8. The molecule has 0 saturated heterocycles. The van der Waals surface area contributed by atoms with Crippen LogP contribution < -0.4 is 0 Å². The van der Waals surface area contributed by atoms with Crippen molar-refractivity contribution < 1.29 is 4.39 Å². The Bertz CT molecular complexity index is 1210. The molecule has 30 heavy (non-hydrogen) atoms. The summed E-state index contributed by atoms with van der Waals surface area (Å²) in [5, 5.41) is 0. The molecule has 4 aromatic rings.